The summed E-state index contributed by atoms with van der Waals surface area (Å²) in [5, 5.41) is 15.9. The first-order valence-electron chi connectivity index (χ1n) is 2.47. The molecule has 0 aliphatic rings. The van der Waals surface area contributed by atoms with E-state index in [4.69, 9.17) is 32.0 Å². The predicted molar refractivity (Wildman–Crippen MR) is 34.3 cm³/mol. The first-order chi connectivity index (χ1) is 5.18. The van der Waals surface area contributed by atoms with Crippen LogP contribution in [0.2, 0.25) is 0 Å². The van der Waals surface area contributed by atoms with Crippen LogP contribution in [-0.4, -0.2) is 50.6 Å². The van der Waals surface area contributed by atoms with Crippen LogP contribution in [0.15, 0.2) is 0 Å². The normalized spacial score (nSPS) is 12.7. The molecular weight excluding hydrogens is 241 g/mol. The van der Waals surface area contributed by atoms with E-state index in [0.29, 0.717) is 0 Å². The zero-order valence-corrected chi connectivity index (χ0v) is 7.50. The number of carbonyl (C=O) groups is 1. The maximum atomic E-state index is 9.65. The van der Waals surface area contributed by atoms with Gasteiger partial charge in [-0.2, -0.15) is 0 Å². The quantitative estimate of drug-likeness (QED) is 0.318. The van der Waals surface area contributed by atoms with Crippen molar-refractivity contribution in [2.75, 3.05) is 6.61 Å². The molecule has 0 aliphatic heterocycles. The van der Waals surface area contributed by atoms with Gasteiger partial charge in [0.15, 0.2) is 0 Å². The van der Waals surface area contributed by atoms with Crippen molar-refractivity contribution in [3.05, 3.63) is 0 Å². The zero-order valence-electron chi connectivity index (χ0n) is 5.78. The number of carboxylic acids is 1. The average Bonchev–Trinajstić information content (AvgIpc) is 1.82. The fourth-order valence-corrected chi connectivity index (χ4v) is 0.0781. The van der Waals surface area contributed by atoms with Crippen LogP contribution in [0.3, 0.4) is 0 Å². The molecule has 0 aromatic heterocycles. The number of aliphatic hydroxyl groups is 1. The molecule has 0 radical (unpaired) electrons. The number of rotatable bonds is 2. The minimum atomic E-state index is -5.25. The summed E-state index contributed by atoms with van der Waals surface area (Å²) >= 11 is -5.25. The standard InChI is InChI=1S/C3H7NO3.H2O4Se/c4-2(1-5)3(6)7;1-5(2,3)4/h2,5H,1,4H2,(H,6,7);(H2,1,2,3,4)/t2-;/m0./s1. The molecule has 0 aliphatic carbocycles. The van der Waals surface area contributed by atoms with E-state index in [1.165, 1.54) is 0 Å². The van der Waals surface area contributed by atoms with E-state index in [1.54, 1.807) is 0 Å². The van der Waals surface area contributed by atoms with Gasteiger partial charge in [0.05, 0.1) is 6.61 Å². The monoisotopic (exact) mass is 251 g/mol. The van der Waals surface area contributed by atoms with Crippen LogP contribution in [0.4, 0.5) is 0 Å². The Morgan fingerprint density at radius 3 is 1.67 bits per heavy atom. The number of hydrogen-bond donors (Lipinski definition) is 5. The fraction of sp³-hybridized carbons (Fsp3) is 0.667. The summed E-state index contributed by atoms with van der Waals surface area (Å²) in [5.41, 5.74) is 4.77. The summed E-state index contributed by atoms with van der Waals surface area (Å²) in [5.74, 6) is -1.18. The van der Waals surface area contributed by atoms with Crippen LogP contribution in [0, 0.1) is 0 Å². The summed E-state index contributed by atoms with van der Waals surface area (Å²) in [6.07, 6.45) is 0. The maximum absolute atomic E-state index is 9.65. The molecule has 0 bridgehead atoms. The number of carboxylic acid groups (broad SMARTS) is 1. The SMILES string of the molecule is N[C@@H](CO)C(=O)O.O=[Se](=O)(O)O. The third kappa shape index (κ3) is 22.7. The Morgan fingerprint density at radius 1 is 1.42 bits per heavy atom. The van der Waals surface area contributed by atoms with Crippen molar-refractivity contribution in [2.24, 2.45) is 5.73 Å². The van der Waals surface area contributed by atoms with Crippen LogP contribution in [-0.2, 0) is 12.5 Å². The fourth-order valence-electron chi connectivity index (χ4n) is 0.0781. The number of aliphatic carboxylic acids is 1. The minimum absolute atomic E-state index is 0.505. The Kier molecular flexibility index (Phi) is 6.99. The second kappa shape index (κ2) is 6.00. The van der Waals surface area contributed by atoms with Crippen molar-refractivity contribution in [1.29, 1.82) is 0 Å². The molecule has 0 unspecified atom stereocenters. The zero-order chi connectivity index (χ0) is 10.4. The molecule has 9 heteroatoms. The molecule has 8 nitrogen and oxygen atoms in total. The van der Waals surface area contributed by atoms with E-state index < -0.39 is 32.0 Å². The number of hydrogen-bond acceptors (Lipinski definition) is 5. The number of aliphatic hydroxyl groups excluding tert-OH is 1. The summed E-state index contributed by atoms with van der Waals surface area (Å²) < 4.78 is 31.9. The molecule has 0 saturated carbocycles. The van der Waals surface area contributed by atoms with Crippen molar-refractivity contribution >= 4 is 19.3 Å². The van der Waals surface area contributed by atoms with Gasteiger partial charge in [0.1, 0.15) is 6.04 Å². The van der Waals surface area contributed by atoms with E-state index in [-0.39, 0.29) is 0 Å². The Labute approximate surface area is 69.5 Å². The van der Waals surface area contributed by atoms with Crippen LogP contribution < -0.4 is 5.73 Å². The molecule has 1 atom stereocenters. The van der Waals surface area contributed by atoms with Crippen molar-refractivity contribution in [3.8, 4) is 0 Å². The molecule has 0 spiro atoms. The van der Waals surface area contributed by atoms with Gasteiger partial charge in [-0.3, -0.25) is 4.79 Å². The first kappa shape index (κ1) is 14.0. The summed E-state index contributed by atoms with van der Waals surface area (Å²) in [6, 6.07) is -1.13. The molecule has 0 fully saturated rings. The van der Waals surface area contributed by atoms with Gasteiger partial charge in [-0.05, 0) is 0 Å². The molecule has 12 heavy (non-hydrogen) atoms. The van der Waals surface area contributed by atoms with E-state index in [9.17, 15) is 4.79 Å². The second-order valence-corrected chi connectivity index (χ2v) is 3.45. The molecule has 0 heterocycles. The summed E-state index contributed by atoms with van der Waals surface area (Å²) in [6.45, 7) is -0.505. The van der Waals surface area contributed by atoms with E-state index in [2.05, 4.69) is 0 Å². The Morgan fingerprint density at radius 2 is 1.67 bits per heavy atom. The van der Waals surface area contributed by atoms with Gasteiger partial charge in [0.2, 0.25) is 0 Å². The van der Waals surface area contributed by atoms with Gasteiger partial charge < -0.3 is 15.9 Å². The van der Waals surface area contributed by atoms with Gasteiger partial charge >= 0.3 is 35.4 Å². The van der Waals surface area contributed by atoms with Crippen LogP contribution in [0.5, 0.6) is 0 Å². The average molecular weight is 250 g/mol. The van der Waals surface area contributed by atoms with Crippen molar-refractivity contribution in [3.63, 3.8) is 0 Å². The van der Waals surface area contributed by atoms with Crippen molar-refractivity contribution < 1.29 is 31.1 Å². The summed E-state index contributed by atoms with van der Waals surface area (Å²) in [7, 11) is 0. The van der Waals surface area contributed by atoms with Crippen LogP contribution in [0.1, 0.15) is 0 Å². The molecule has 0 aromatic carbocycles. The molecular formula is C3H9NO7Se. The van der Waals surface area contributed by atoms with Crippen molar-refractivity contribution in [1.82, 2.24) is 0 Å². The predicted octanol–water partition coefficient (Wildman–Crippen LogP) is -3.34. The molecule has 74 valence electrons. The Hall–Kier alpha value is -0.571. The molecule has 0 saturated heterocycles. The molecule has 0 rings (SSSR count). The van der Waals surface area contributed by atoms with E-state index >= 15 is 0 Å². The second-order valence-electron chi connectivity index (χ2n) is 1.58. The van der Waals surface area contributed by atoms with Crippen LogP contribution in [0.25, 0.3) is 0 Å². The number of nitrogens with two attached hydrogens (primary N) is 1. The third-order valence-corrected chi connectivity index (χ3v) is 0.514. The van der Waals surface area contributed by atoms with Gasteiger partial charge in [0.25, 0.3) is 0 Å². The Balaban J connectivity index is 0. The van der Waals surface area contributed by atoms with Gasteiger partial charge in [0, 0.05) is 0 Å². The van der Waals surface area contributed by atoms with Gasteiger partial charge in [-0.15, -0.1) is 0 Å². The van der Waals surface area contributed by atoms with E-state index in [1.807, 2.05) is 0 Å². The van der Waals surface area contributed by atoms with Gasteiger partial charge in [-0.25, -0.2) is 0 Å². The van der Waals surface area contributed by atoms with E-state index in [0.717, 1.165) is 0 Å². The van der Waals surface area contributed by atoms with Crippen LogP contribution >= 0.6 is 0 Å². The molecule has 6 N–H and O–H groups in total. The first-order valence-corrected chi connectivity index (χ1v) is 5.40. The third-order valence-electron chi connectivity index (χ3n) is 0.514. The molecule has 0 aromatic rings. The Bertz CT molecular complexity index is 213. The topological polar surface area (TPSA) is 158 Å². The van der Waals surface area contributed by atoms with Gasteiger partial charge in [-0.1, -0.05) is 0 Å². The van der Waals surface area contributed by atoms with Crippen molar-refractivity contribution in [2.45, 2.75) is 6.04 Å². The summed E-state index contributed by atoms with van der Waals surface area (Å²) in [4.78, 5) is 9.65. The molecule has 0 amide bonds.